The Morgan fingerprint density at radius 1 is 1.00 bits per heavy atom. The van der Waals surface area contributed by atoms with Crippen LogP contribution >= 0.6 is 0 Å². The summed E-state index contributed by atoms with van der Waals surface area (Å²) in [6.45, 7) is 2.04. The van der Waals surface area contributed by atoms with Crippen molar-refractivity contribution in [2.45, 2.75) is 6.92 Å². The number of furan rings is 1. The predicted octanol–water partition coefficient (Wildman–Crippen LogP) is 5.34. The van der Waals surface area contributed by atoms with Gasteiger partial charge in [0.15, 0.2) is 11.5 Å². The molecule has 0 amide bonds. The van der Waals surface area contributed by atoms with Gasteiger partial charge in [-0.1, -0.05) is 23.8 Å². The van der Waals surface area contributed by atoms with Crippen molar-refractivity contribution in [1.29, 1.82) is 5.26 Å². The molecule has 4 heteroatoms. The number of allylic oxidation sites excluding steroid dienone is 1. The Morgan fingerprint density at radius 3 is 2.50 bits per heavy atom. The molecule has 0 aliphatic carbocycles. The third-order valence-corrected chi connectivity index (χ3v) is 4.03. The van der Waals surface area contributed by atoms with E-state index in [1.54, 1.807) is 32.4 Å². The van der Waals surface area contributed by atoms with Crippen LogP contribution in [0.25, 0.3) is 23.0 Å². The second-order valence-corrected chi connectivity index (χ2v) is 5.81. The summed E-state index contributed by atoms with van der Waals surface area (Å²) in [5, 5.41) is 9.56. The zero-order valence-electron chi connectivity index (χ0n) is 14.9. The van der Waals surface area contributed by atoms with Crippen molar-refractivity contribution >= 4 is 11.6 Å². The molecular formula is C22H19NO3. The average Bonchev–Trinajstić information content (AvgIpc) is 3.14. The first kappa shape index (κ1) is 17.4. The van der Waals surface area contributed by atoms with Gasteiger partial charge in [-0.05, 0) is 55.0 Å². The second kappa shape index (κ2) is 7.62. The third kappa shape index (κ3) is 3.62. The highest BCUT2D eigenvalue weighted by Gasteiger charge is 2.10. The van der Waals surface area contributed by atoms with E-state index in [2.05, 4.69) is 12.1 Å². The normalized spacial score (nSPS) is 11.1. The number of methoxy groups -OCH3 is 2. The van der Waals surface area contributed by atoms with Crippen molar-refractivity contribution in [3.63, 3.8) is 0 Å². The van der Waals surface area contributed by atoms with Gasteiger partial charge in [0.05, 0.1) is 25.9 Å². The Bertz CT molecular complexity index is 993. The summed E-state index contributed by atoms with van der Waals surface area (Å²) < 4.78 is 16.4. The molecule has 0 atom stereocenters. The monoisotopic (exact) mass is 345 g/mol. The van der Waals surface area contributed by atoms with Crippen molar-refractivity contribution in [2.75, 3.05) is 14.2 Å². The molecule has 0 aliphatic rings. The molecule has 3 aromatic rings. The van der Waals surface area contributed by atoms with Gasteiger partial charge in [0.1, 0.15) is 11.5 Å². The molecule has 2 aromatic carbocycles. The van der Waals surface area contributed by atoms with Gasteiger partial charge >= 0.3 is 0 Å². The van der Waals surface area contributed by atoms with Gasteiger partial charge in [-0.15, -0.1) is 0 Å². The van der Waals surface area contributed by atoms with Gasteiger partial charge in [-0.2, -0.15) is 5.26 Å². The van der Waals surface area contributed by atoms with Crippen molar-refractivity contribution in [1.82, 2.24) is 0 Å². The number of hydrogen-bond acceptors (Lipinski definition) is 4. The second-order valence-electron chi connectivity index (χ2n) is 5.81. The highest BCUT2D eigenvalue weighted by molar-refractivity contribution is 5.89. The lowest BCUT2D eigenvalue weighted by molar-refractivity contribution is 0.355. The van der Waals surface area contributed by atoms with Gasteiger partial charge in [-0.25, -0.2) is 0 Å². The van der Waals surface area contributed by atoms with Crippen molar-refractivity contribution in [3.05, 3.63) is 71.5 Å². The van der Waals surface area contributed by atoms with E-state index in [9.17, 15) is 5.26 Å². The maximum Gasteiger partial charge on any atom is 0.161 e. The number of aryl methyl sites for hydroxylation is 1. The van der Waals surface area contributed by atoms with E-state index in [1.807, 2.05) is 43.3 Å². The molecule has 26 heavy (non-hydrogen) atoms. The topological polar surface area (TPSA) is 55.4 Å². The van der Waals surface area contributed by atoms with E-state index in [-0.39, 0.29) is 0 Å². The Kier molecular flexibility index (Phi) is 5.09. The van der Waals surface area contributed by atoms with Crippen LogP contribution in [0.5, 0.6) is 11.5 Å². The molecule has 0 radical (unpaired) electrons. The van der Waals surface area contributed by atoms with Crippen LogP contribution in [0, 0.1) is 18.3 Å². The molecule has 0 aliphatic heterocycles. The van der Waals surface area contributed by atoms with Crippen LogP contribution in [0.15, 0.2) is 59.0 Å². The fourth-order valence-electron chi connectivity index (χ4n) is 2.71. The SMILES string of the molecule is COc1ccc(C(C#N)=Cc2ccc(-c3cccc(C)c3)o2)cc1OC. The third-order valence-electron chi connectivity index (χ3n) is 4.03. The number of nitriles is 1. The lowest BCUT2D eigenvalue weighted by Crippen LogP contribution is -1.92. The zero-order chi connectivity index (χ0) is 18.5. The van der Waals surface area contributed by atoms with E-state index in [0.717, 1.165) is 16.9 Å². The molecule has 0 unspecified atom stereocenters. The Morgan fingerprint density at radius 2 is 1.81 bits per heavy atom. The minimum atomic E-state index is 0.482. The molecule has 130 valence electrons. The van der Waals surface area contributed by atoms with Crippen LogP contribution in [-0.2, 0) is 0 Å². The number of nitrogens with zero attached hydrogens (tertiary/aromatic N) is 1. The molecule has 4 nitrogen and oxygen atoms in total. The molecule has 1 aromatic heterocycles. The van der Waals surface area contributed by atoms with E-state index in [1.165, 1.54) is 5.56 Å². The fourth-order valence-corrected chi connectivity index (χ4v) is 2.71. The largest absolute Gasteiger partial charge is 0.493 e. The fraction of sp³-hybridized carbons (Fsp3) is 0.136. The minimum absolute atomic E-state index is 0.482. The molecule has 0 fully saturated rings. The standard InChI is InChI=1S/C22H19NO3/c1-15-5-4-6-17(11-15)20-10-8-19(26-20)12-18(14-23)16-7-9-21(24-2)22(13-16)25-3/h4-13H,1-3H3. The molecule has 0 saturated heterocycles. The smallest absolute Gasteiger partial charge is 0.161 e. The van der Waals surface area contributed by atoms with Crippen LogP contribution in [0.3, 0.4) is 0 Å². The first-order valence-corrected chi connectivity index (χ1v) is 8.15. The summed E-state index contributed by atoms with van der Waals surface area (Å²) in [4.78, 5) is 0. The molecule has 1 heterocycles. The minimum Gasteiger partial charge on any atom is -0.493 e. The maximum absolute atomic E-state index is 9.56. The Hall–Kier alpha value is -3.45. The first-order valence-electron chi connectivity index (χ1n) is 8.15. The van der Waals surface area contributed by atoms with Crippen LogP contribution in [-0.4, -0.2) is 14.2 Å². The Labute approximate surface area is 152 Å². The van der Waals surface area contributed by atoms with Gasteiger partial charge in [-0.3, -0.25) is 0 Å². The number of ether oxygens (including phenoxy) is 2. The summed E-state index contributed by atoms with van der Waals surface area (Å²) in [5.74, 6) is 2.58. The Balaban J connectivity index is 1.94. The zero-order valence-corrected chi connectivity index (χ0v) is 14.9. The van der Waals surface area contributed by atoms with Crippen LogP contribution in [0.2, 0.25) is 0 Å². The van der Waals surface area contributed by atoms with E-state index in [4.69, 9.17) is 13.9 Å². The van der Waals surface area contributed by atoms with Crippen LogP contribution < -0.4 is 9.47 Å². The molecule has 0 bridgehead atoms. The number of benzene rings is 2. The number of hydrogen-bond donors (Lipinski definition) is 0. The summed E-state index contributed by atoms with van der Waals surface area (Å²) in [7, 11) is 3.15. The first-order chi connectivity index (χ1) is 12.6. The molecular weight excluding hydrogens is 326 g/mol. The molecule has 0 spiro atoms. The summed E-state index contributed by atoms with van der Waals surface area (Å²) in [6, 6.07) is 19.4. The highest BCUT2D eigenvalue weighted by Crippen LogP contribution is 2.31. The van der Waals surface area contributed by atoms with Gasteiger partial charge < -0.3 is 13.9 Å². The van der Waals surface area contributed by atoms with Crippen molar-refractivity contribution < 1.29 is 13.9 Å². The summed E-state index contributed by atoms with van der Waals surface area (Å²) in [5.41, 5.74) is 3.39. The maximum atomic E-state index is 9.56. The average molecular weight is 345 g/mol. The van der Waals surface area contributed by atoms with Crippen molar-refractivity contribution in [2.24, 2.45) is 0 Å². The van der Waals surface area contributed by atoms with Gasteiger partial charge in [0.25, 0.3) is 0 Å². The van der Waals surface area contributed by atoms with Crippen LogP contribution in [0.4, 0.5) is 0 Å². The molecule has 0 N–H and O–H groups in total. The van der Waals surface area contributed by atoms with Gasteiger partial charge in [0, 0.05) is 5.56 Å². The highest BCUT2D eigenvalue weighted by atomic mass is 16.5. The molecule has 0 saturated carbocycles. The summed E-state index contributed by atoms with van der Waals surface area (Å²) in [6.07, 6.45) is 1.72. The predicted molar refractivity (Wildman–Crippen MR) is 102 cm³/mol. The lowest BCUT2D eigenvalue weighted by Gasteiger charge is -2.08. The van der Waals surface area contributed by atoms with E-state index in [0.29, 0.717) is 22.8 Å². The van der Waals surface area contributed by atoms with Crippen LogP contribution in [0.1, 0.15) is 16.9 Å². The number of rotatable bonds is 5. The van der Waals surface area contributed by atoms with Crippen molar-refractivity contribution in [3.8, 4) is 28.9 Å². The molecule has 3 rings (SSSR count). The summed E-state index contributed by atoms with van der Waals surface area (Å²) >= 11 is 0. The van der Waals surface area contributed by atoms with Gasteiger partial charge in [0.2, 0.25) is 0 Å². The van der Waals surface area contributed by atoms with E-state index >= 15 is 0 Å². The quantitative estimate of drug-likeness (QED) is 0.586. The van der Waals surface area contributed by atoms with E-state index < -0.39 is 0 Å². The lowest BCUT2D eigenvalue weighted by atomic mass is 10.1.